The van der Waals surface area contributed by atoms with Crippen LogP contribution in [0.4, 0.5) is 11.4 Å². The number of amides is 1. The summed E-state index contributed by atoms with van der Waals surface area (Å²) >= 11 is 1.21. The molecule has 1 amide bonds. The molecule has 5 rings (SSSR count). The zero-order chi connectivity index (χ0) is 29.5. The Kier molecular flexibility index (Phi) is 8.89. The van der Waals surface area contributed by atoms with Crippen LogP contribution in [0.5, 0.6) is 5.75 Å². The third-order valence-electron chi connectivity index (χ3n) is 6.36. The van der Waals surface area contributed by atoms with Crippen LogP contribution >= 0.6 is 11.8 Å². The number of nitrogens with one attached hydrogen (secondary N) is 1. The highest BCUT2D eigenvalue weighted by atomic mass is 32.2. The van der Waals surface area contributed by atoms with E-state index in [0.29, 0.717) is 28.1 Å². The lowest BCUT2D eigenvalue weighted by atomic mass is 10.2. The highest BCUT2D eigenvalue weighted by Gasteiger charge is 2.28. The molecule has 4 aromatic carbocycles. The Labute approximate surface area is 249 Å². The number of aromatic nitrogens is 3. The van der Waals surface area contributed by atoms with E-state index in [1.807, 2.05) is 43.3 Å². The normalized spacial score (nSPS) is 11.2. The van der Waals surface area contributed by atoms with Crippen molar-refractivity contribution in [2.24, 2.45) is 0 Å². The SMILES string of the molecule is COc1ccc(NC(=O)CSc2nnc(CN(c3ccccc3)S(=O)(=O)c3ccc(C)cc3)n2-c2ccccc2)cc1. The van der Waals surface area contributed by atoms with Crippen LogP contribution in [0.2, 0.25) is 0 Å². The smallest absolute Gasteiger partial charge is 0.264 e. The monoisotopic (exact) mass is 599 g/mol. The van der Waals surface area contributed by atoms with Crippen LogP contribution in [-0.4, -0.2) is 42.0 Å². The van der Waals surface area contributed by atoms with Crippen LogP contribution in [0.25, 0.3) is 5.69 Å². The summed E-state index contributed by atoms with van der Waals surface area (Å²) in [6, 6.07) is 32.1. The molecule has 0 saturated carbocycles. The summed E-state index contributed by atoms with van der Waals surface area (Å²) in [6.45, 7) is 1.82. The molecule has 9 nitrogen and oxygen atoms in total. The number of carbonyl (C=O) groups excluding carboxylic acids is 1. The molecule has 1 aromatic heterocycles. The summed E-state index contributed by atoms with van der Waals surface area (Å²) in [5.41, 5.74) is 2.85. The quantitative estimate of drug-likeness (QED) is 0.194. The van der Waals surface area contributed by atoms with Gasteiger partial charge in [-0.3, -0.25) is 13.7 Å². The summed E-state index contributed by atoms with van der Waals surface area (Å²) in [5, 5.41) is 12.1. The molecular formula is C31H29N5O4S2. The molecule has 1 N–H and O–H groups in total. The predicted molar refractivity (Wildman–Crippen MR) is 165 cm³/mol. The van der Waals surface area contributed by atoms with Crippen molar-refractivity contribution in [3.05, 3.63) is 121 Å². The van der Waals surface area contributed by atoms with E-state index in [1.54, 1.807) is 84.5 Å². The second-order valence-electron chi connectivity index (χ2n) is 9.30. The first kappa shape index (κ1) is 28.9. The van der Waals surface area contributed by atoms with Gasteiger partial charge in [-0.15, -0.1) is 10.2 Å². The second kappa shape index (κ2) is 12.9. The zero-order valence-electron chi connectivity index (χ0n) is 23.0. The fourth-order valence-corrected chi connectivity index (χ4v) is 6.40. The van der Waals surface area contributed by atoms with Gasteiger partial charge in [-0.25, -0.2) is 8.42 Å². The van der Waals surface area contributed by atoms with Gasteiger partial charge in [-0.2, -0.15) is 0 Å². The molecule has 0 aliphatic heterocycles. The Balaban J connectivity index is 1.45. The molecule has 0 bridgehead atoms. The third-order valence-corrected chi connectivity index (χ3v) is 9.08. The number of ether oxygens (including phenoxy) is 1. The van der Waals surface area contributed by atoms with E-state index in [1.165, 1.54) is 16.1 Å². The van der Waals surface area contributed by atoms with E-state index in [0.717, 1.165) is 11.3 Å². The number of nitrogens with zero attached hydrogens (tertiary/aromatic N) is 4. The maximum absolute atomic E-state index is 13.9. The number of hydrogen-bond acceptors (Lipinski definition) is 7. The highest BCUT2D eigenvalue weighted by molar-refractivity contribution is 7.99. The Bertz CT molecular complexity index is 1740. The van der Waals surface area contributed by atoms with Crippen molar-refractivity contribution in [1.29, 1.82) is 0 Å². The summed E-state index contributed by atoms with van der Waals surface area (Å²) in [6.07, 6.45) is 0. The lowest BCUT2D eigenvalue weighted by Gasteiger charge is -2.24. The number of anilines is 2. The molecule has 0 atom stereocenters. The number of aryl methyl sites for hydroxylation is 1. The van der Waals surface area contributed by atoms with E-state index < -0.39 is 10.0 Å². The van der Waals surface area contributed by atoms with Gasteiger partial charge in [0.15, 0.2) is 11.0 Å². The fourth-order valence-electron chi connectivity index (χ4n) is 4.21. The molecule has 0 saturated heterocycles. The van der Waals surface area contributed by atoms with E-state index in [-0.39, 0.29) is 23.1 Å². The van der Waals surface area contributed by atoms with Crippen molar-refractivity contribution in [2.75, 3.05) is 22.5 Å². The van der Waals surface area contributed by atoms with Gasteiger partial charge in [0.25, 0.3) is 10.0 Å². The predicted octanol–water partition coefficient (Wildman–Crippen LogP) is 5.71. The topological polar surface area (TPSA) is 106 Å². The van der Waals surface area contributed by atoms with E-state index >= 15 is 0 Å². The molecular weight excluding hydrogens is 571 g/mol. The van der Waals surface area contributed by atoms with Crippen molar-refractivity contribution in [3.63, 3.8) is 0 Å². The Morgan fingerprint density at radius 2 is 1.52 bits per heavy atom. The van der Waals surface area contributed by atoms with Crippen LogP contribution in [0, 0.1) is 6.92 Å². The summed E-state index contributed by atoms with van der Waals surface area (Å²) in [5.74, 6) is 0.946. The molecule has 42 heavy (non-hydrogen) atoms. The Hall–Kier alpha value is -4.61. The largest absolute Gasteiger partial charge is 0.497 e. The van der Waals surface area contributed by atoms with Gasteiger partial charge >= 0.3 is 0 Å². The average Bonchev–Trinajstić information content (AvgIpc) is 3.42. The zero-order valence-corrected chi connectivity index (χ0v) is 24.7. The molecule has 1 heterocycles. The lowest BCUT2D eigenvalue weighted by Crippen LogP contribution is -2.31. The second-order valence-corrected chi connectivity index (χ2v) is 12.1. The van der Waals surface area contributed by atoms with Crippen molar-refractivity contribution >= 4 is 39.1 Å². The highest BCUT2D eigenvalue weighted by Crippen LogP contribution is 2.29. The van der Waals surface area contributed by atoms with Gasteiger partial charge < -0.3 is 10.1 Å². The molecule has 0 unspecified atom stereocenters. The van der Waals surface area contributed by atoms with Crippen LogP contribution < -0.4 is 14.4 Å². The maximum Gasteiger partial charge on any atom is 0.264 e. The van der Waals surface area contributed by atoms with Gasteiger partial charge in [0, 0.05) is 11.4 Å². The maximum atomic E-state index is 13.9. The van der Waals surface area contributed by atoms with E-state index in [4.69, 9.17) is 4.74 Å². The first-order valence-corrected chi connectivity index (χ1v) is 15.5. The van der Waals surface area contributed by atoms with Gasteiger partial charge in [-0.1, -0.05) is 65.9 Å². The number of benzene rings is 4. The summed E-state index contributed by atoms with van der Waals surface area (Å²) < 4.78 is 36.1. The lowest BCUT2D eigenvalue weighted by molar-refractivity contribution is -0.113. The average molecular weight is 600 g/mol. The molecule has 11 heteroatoms. The van der Waals surface area contributed by atoms with E-state index in [2.05, 4.69) is 15.5 Å². The number of thioether (sulfide) groups is 1. The van der Waals surface area contributed by atoms with Gasteiger partial charge in [0.1, 0.15) is 5.75 Å². The van der Waals surface area contributed by atoms with Crippen LogP contribution in [-0.2, 0) is 21.4 Å². The molecule has 0 aliphatic rings. The van der Waals surface area contributed by atoms with Crippen molar-refractivity contribution in [1.82, 2.24) is 14.8 Å². The van der Waals surface area contributed by atoms with Gasteiger partial charge in [-0.05, 0) is 67.6 Å². The third kappa shape index (κ3) is 6.64. The molecule has 5 aromatic rings. The van der Waals surface area contributed by atoms with Crippen LogP contribution in [0.3, 0.4) is 0 Å². The standard InChI is InChI=1S/C31H29N5O4S2/c1-23-13-19-28(20-14-23)42(38,39)35(25-9-5-3-6-10-25)21-29-33-34-31(36(29)26-11-7-4-8-12-26)41-22-30(37)32-24-15-17-27(40-2)18-16-24/h3-20H,21-22H2,1-2H3,(H,32,37). The Morgan fingerprint density at radius 1 is 0.881 bits per heavy atom. The number of rotatable bonds is 11. The minimum absolute atomic E-state index is 0.0705. The summed E-state index contributed by atoms with van der Waals surface area (Å²) in [4.78, 5) is 12.9. The molecule has 0 spiro atoms. The van der Waals surface area contributed by atoms with Crippen LogP contribution in [0.1, 0.15) is 11.4 Å². The molecule has 0 radical (unpaired) electrons. The summed E-state index contributed by atoms with van der Waals surface area (Å²) in [7, 11) is -2.37. The molecule has 214 valence electrons. The molecule has 0 fully saturated rings. The fraction of sp³-hybridized carbons (Fsp3) is 0.129. The Morgan fingerprint density at radius 3 is 2.17 bits per heavy atom. The number of carbonyl (C=O) groups is 1. The first-order valence-electron chi connectivity index (χ1n) is 13.1. The number of sulfonamides is 1. The number of hydrogen-bond donors (Lipinski definition) is 1. The minimum atomic E-state index is -3.95. The van der Waals surface area contributed by atoms with E-state index in [9.17, 15) is 13.2 Å². The van der Waals surface area contributed by atoms with Gasteiger partial charge in [0.05, 0.1) is 30.0 Å². The van der Waals surface area contributed by atoms with Crippen molar-refractivity contribution < 1.29 is 17.9 Å². The number of para-hydroxylation sites is 2. The first-order chi connectivity index (χ1) is 20.3. The van der Waals surface area contributed by atoms with Gasteiger partial charge in [0.2, 0.25) is 5.91 Å². The minimum Gasteiger partial charge on any atom is -0.497 e. The van der Waals surface area contributed by atoms with Crippen molar-refractivity contribution in [3.8, 4) is 11.4 Å². The van der Waals surface area contributed by atoms with Crippen molar-refractivity contribution in [2.45, 2.75) is 23.5 Å². The van der Waals surface area contributed by atoms with Crippen LogP contribution in [0.15, 0.2) is 119 Å². The number of methoxy groups -OCH3 is 1. The molecule has 0 aliphatic carbocycles.